The van der Waals surface area contributed by atoms with Gasteiger partial charge in [-0.2, -0.15) is 13.2 Å². The molecule has 0 N–H and O–H groups in total. The van der Waals surface area contributed by atoms with E-state index in [1.165, 1.54) is 28.5 Å². The summed E-state index contributed by atoms with van der Waals surface area (Å²) in [5.41, 5.74) is 1.92. The predicted molar refractivity (Wildman–Crippen MR) is 148 cm³/mol. The Kier molecular flexibility index (Phi) is 6.71. The number of hydrogen-bond donors (Lipinski definition) is 0. The Bertz CT molecular complexity index is 1770. The minimum Gasteiger partial charge on any atom is -0.480 e. The van der Waals surface area contributed by atoms with Crippen LogP contribution in [0.4, 0.5) is 19.0 Å². The zero-order valence-electron chi connectivity index (χ0n) is 23.3. The van der Waals surface area contributed by atoms with Gasteiger partial charge in [0, 0.05) is 35.5 Å². The zero-order valence-corrected chi connectivity index (χ0v) is 24.1. The van der Waals surface area contributed by atoms with Crippen molar-refractivity contribution >= 4 is 15.8 Å². The number of hydrogen-bond acceptors (Lipinski definition) is 8. The number of anilines is 1. The van der Waals surface area contributed by atoms with Crippen LogP contribution in [0.15, 0.2) is 43.0 Å². The Labute approximate surface area is 240 Å². The van der Waals surface area contributed by atoms with Crippen LogP contribution in [0.25, 0.3) is 22.8 Å². The highest BCUT2D eigenvalue weighted by Gasteiger charge is 2.40. The van der Waals surface area contributed by atoms with Gasteiger partial charge in [0.2, 0.25) is 15.9 Å². The summed E-state index contributed by atoms with van der Waals surface area (Å²) in [7, 11) is -2.29. The lowest BCUT2D eigenvalue weighted by Gasteiger charge is -2.26. The minimum atomic E-state index is -4.57. The topological polar surface area (TPSA) is 116 Å². The van der Waals surface area contributed by atoms with Crippen molar-refractivity contribution in [2.75, 3.05) is 11.4 Å². The van der Waals surface area contributed by atoms with Crippen molar-refractivity contribution in [1.82, 2.24) is 29.5 Å². The zero-order chi connectivity index (χ0) is 30.0. The van der Waals surface area contributed by atoms with Crippen molar-refractivity contribution in [3.63, 3.8) is 0 Å². The third-order valence-electron chi connectivity index (χ3n) is 7.49. The molecule has 1 saturated carbocycles. The third-order valence-corrected chi connectivity index (χ3v) is 9.26. The van der Waals surface area contributed by atoms with E-state index in [0.717, 1.165) is 24.7 Å². The second kappa shape index (κ2) is 10.0. The lowest BCUT2D eigenvalue weighted by molar-refractivity contribution is -0.140. The van der Waals surface area contributed by atoms with E-state index in [-0.39, 0.29) is 35.2 Å². The maximum Gasteiger partial charge on any atom is 0.434 e. The lowest BCUT2D eigenvalue weighted by atomic mass is 10.1. The molecule has 3 aromatic heterocycles. The number of rotatable bonds is 7. The molecule has 0 amide bonds. The molecule has 1 aliphatic carbocycles. The Hall–Kier alpha value is -4.07. The number of aromatic nitrogens is 6. The van der Waals surface area contributed by atoms with Crippen LogP contribution in [0.2, 0.25) is 0 Å². The summed E-state index contributed by atoms with van der Waals surface area (Å²) in [4.78, 5) is 21.7. The van der Waals surface area contributed by atoms with Crippen LogP contribution in [0.5, 0.6) is 5.88 Å². The van der Waals surface area contributed by atoms with Gasteiger partial charge in [0.25, 0.3) is 0 Å². The molecule has 10 nitrogen and oxygen atoms in total. The molecular weight excluding hydrogens is 571 g/mol. The fraction of sp³-hybridized carbons (Fsp3) is 0.393. The number of imidazole rings is 1. The van der Waals surface area contributed by atoms with Crippen LogP contribution in [-0.2, 0) is 22.0 Å². The number of sulfonamides is 1. The van der Waals surface area contributed by atoms with Crippen molar-refractivity contribution < 1.29 is 26.3 Å². The molecule has 1 atom stereocenters. The molecule has 0 radical (unpaired) electrons. The molecule has 220 valence electrons. The fourth-order valence-electron chi connectivity index (χ4n) is 5.23. The first-order valence-electron chi connectivity index (χ1n) is 13.4. The number of methoxy groups -OCH3 is 1. The van der Waals surface area contributed by atoms with Gasteiger partial charge in [0.1, 0.15) is 17.7 Å². The summed E-state index contributed by atoms with van der Waals surface area (Å²) in [6.45, 7) is 5.29. The fourth-order valence-corrected chi connectivity index (χ4v) is 6.99. The monoisotopic (exact) mass is 599 g/mol. The SMILES string of the molecule is COc1ncnc(C2CC2)c1-c1ncc2c(n1)N([C@@H](C)c1ccc(-c3nc(C(F)(F)F)cn3C(C)C)cc1)S(=O)(=O)C2. The number of halogens is 3. The quantitative estimate of drug-likeness (QED) is 0.266. The Morgan fingerprint density at radius 3 is 2.36 bits per heavy atom. The van der Waals surface area contributed by atoms with E-state index in [2.05, 4.69) is 19.9 Å². The predicted octanol–water partition coefficient (Wildman–Crippen LogP) is 5.69. The summed E-state index contributed by atoms with van der Waals surface area (Å²) in [5, 5.41) is 0. The van der Waals surface area contributed by atoms with Crippen LogP contribution >= 0.6 is 0 Å². The molecule has 1 fully saturated rings. The first-order valence-corrected chi connectivity index (χ1v) is 15.0. The Morgan fingerprint density at radius 2 is 1.74 bits per heavy atom. The smallest absolute Gasteiger partial charge is 0.434 e. The van der Waals surface area contributed by atoms with E-state index in [9.17, 15) is 21.6 Å². The number of nitrogens with zero attached hydrogens (tertiary/aromatic N) is 7. The van der Waals surface area contributed by atoms with E-state index in [4.69, 9.17) is 9.72 Å². The average molecular weight is 600 g/mol. The van der Waals surface area contributed by atoms with Gasteiger partial charge in [0.05, 0.1) is 24.6 Å². The van der Waals surface area contributed by atoms with Crippen molar-refractivity contribution in [2.24, 2.45) is 0 Å². The molecule has 4 heterocycles. The summed E-state index contributed by atoms with van der Waals surface area (Å²) < 4.78 is 75.1. The van der Waals surface area contributed by atoms with Crippen molar-refractivity contribution in [2.45, 2.75) is 63.5 Å². The molecule has 6 rings (SSSR count). The highest BCUT2D eigenvalue weighted by molar-refractivity contribution is 7.92. The van der Waals surface area contributed by atoms with Crippen LogP contribution in [0.1, 0.15) is 74.1 Å². The maximum atomic E-state index is 13.4. The van der Waals surface area contributed by atoms with Gasteiger partial charge in [0.15, 0.2) is 17.3 Å². The molecule has 4 aromatic rings. The summed E-state index contributed by atoms with van der Waals surface area (Å²) in [6.07, 6.45) is 1.32. The van der Waals surface area contributed by atoms with Gasteiger partial charge in [-0.05, 0) is 39.2 Å². The summed E-state index contributed by atoms with van der Waals surface area (Å²) in [6, 6.07) is 5.77. The van der Waals surface area contributed by atoms with Gasteiger partial charge in [-0.25, -0.2) is 37.6 Å². The Balaban J connectivity index is 1.37. The molecule has 0 unspecified atom stereocenters. The first kappa shape index (κ1) is 28.1. The summed E-state index contributed by atoms with van der Waals surface area (Å²) in [5.74, 6) is 1.02. The molecule has 2 aliphatic rings. The second-order valence-corrected chi connectivity index (χ2v) is 12.6. The van der Waals surface area contributed by atoms with E-state index in [1.807, 2.05) is 0 Å². The minimum absolute atomic E-state index is 0.179. The molecule has 14 heteroatoms. The molecule has 0 spiro atoms. The maximum absolute atomic E-state index is 13.4. The van der Waals surface area contributed by atoms with Gasteiger partial charge < -0.3 is 9.30 Å². The molecule has 42 heavy (non-hydrogen) atoms. The van der Waals surface area contributed by atoms with Crippen LogP contribution < -0.4 is 9.04 Å². The second-order valence-electron chi connectivity index (χ2n) is 10.8. The van der Waals surface area contributed by atoms with Gasteiger partial charge >= 0.3 is 6.18 Å². The lowest BCUT2D eigenvalue weighted by Crippen LogP contribution is -2.30. The molecule has 1 aliphatic heterocycles. The number of ether oxygens (including phenoxy) is 1. The van der Waals surface area contributed by atoms with Crippen molar-refractivity contribution in [3.05, 3.63) is 65.5 Å². The van der Waals surface area contributed by atoms with Gasteiger partial charge in [-0.15, -0.1) is 0 Å². The van der Waals surface area contributed by atoms with Crippen LogP contribution in [0.3, 0.4) is 0 Å². The number of fused-ring (bicyclic) bond motifs is 1. The Morgan fingerprint density at radius 1 is 1.02 bits per heavy atom. The molecule has 0 bridgehead atoms. The van der Waals surface area contributed by atoms with Crippen LogP contribution in [-0.4, -0.2) is 45.0 Å². The highest BCUT2D eigenvalue weighted by atomic mass is 32.2. The average Bonchev–Trinajstić information content (AvgIpc) is 3.61. The van der Waals surface area contributed by atoms with E-state index in [1.54, 1.807) is 45.0 Å². The largest absolute Gasteiger partial charge is 0.480 e. The first-order chi connectivity index (χ1) is 19.9. The van der Waals surface area contributed by atoms with Gasteiger partial charge in [-0.3, -0.25) is 0 Å². The van der Waals surface area contributed by atoms with E-state index < -0.39 is 27.9 Å². The van der Waals surface area contributed by atoms with Crippen LogP contribution in [0, 0.1) is 0 Å². The number of benzene rings is 1. The standard InChI is InChI=1S/C28H28F3N7O3S/c1-15(2)37-12-21(28(29,30)31)35-25(37)19-9-5-17(6-10-19)16(3)38-26-20(13-42(38,39)40)11-32-24(36-26)22-23(18-7-8-18)33-14-34-27(22)41-4/h5-6,9-12,14-16,18H,7-8,13H2,1-4H3/t16-/m0/s1. The van der Waals surface area contributed by atoms with Crippen molar-refractivity contribution in [3.8, 4) is 28.7 Å². The van der Waals surface area contributed by atoms with Crippen molar-refractivity contribution in [1.29, 1.82) is 0 Å². The number of alkyl halides is 3. The summed E-state index contributed by atoms with van der Waals surface area (Å²) >= 11 is 0. The third kappa shape index (κ3) is 4.86. The molecule has 1 aromatic carbocycles. The van der Waals surface area contributed by atoms with E-state index >= 15 is 0 Å². The van der Waals surface area contributed by atoms with Gasteiger partial charge in [-0.1, -0.05) is 24.3 Å². The van der Waals surface area contributed by atoms with E-state index in [0.29, 0.717) is 28.1 Å². The molecule has 0 saturated heterocycles. The normalized spacial score (nSPS) is 17.0. The highest BCUT2D eigenvalue weighted by Crippen LogP contribution is 2.46. The molecular formula is C28H28F3N7O3S.